The molecule has 7 nitrogen and oxygen atoms in total. The molecule has 0 saturated carbocycles. The highest BCUT2D eigenvalue weighted by Crippen LogP contribution is 2.26. The molecule has 1 saturated heterocycles. The number of thioether (sulfide) groups is 1. The van der Waals surface area contributed by atoms with Gasteiger partial charge in [-0.15, -0.1) is 0 Å². The number of rotatable bonds is 5. The number of nitrogens with one attached hydrogen (secondary N) is 3. The van der Waals surface area contributed by atoms with Gasteiger partial charge in [0.05, 0.1) is 16.9 Å². The highest BCUT2D eigenvalue weighted by Gasteiger charge is 2.27. The number of anilines is 1. The van der Waals surface area contributed by atoms with Crippen LogP contribution in [0.5, 0.6) is 0 Å². The molecule has 0 radical (unpaired) electrons. The molecule has 2 unspecified atom stereocenters. The standard InChI is InChI=1S/C26H32FN7S/c1-33-14-16-34(17-15-33)26-29-23(8-5-9-25(30-26)35-21-6-3-2-4-7-21)28-24-18-22(31-32-24)19-10-12-20(27)13-11-19/h2-4,6-7,10-13,18,23,26,29H,5,8-9,14-17H2,1H3,(H2,28,31,32). The van der Waals surface area contributed by atoms with E-state index in [1.807, 2.05) is 12.1 Å². The second-order valence-electron chi connectivity index (χ2n) is 9.08. The number of benzene rings is 2. The summed E-state index contributed by atoms with van der Waals surface area (Å²) in [5, 5.41) is 16.0. The summed E-state index contributed by atoms with van der Waals surface area (Å²) in [4.78, 5) is 11.2. The topological polar surface area (TPSA) is 71.6 Å². The first kappa shape index (κ1) is 24.0. The zero-order valence-electron chi connectivity index (χ0n) is 20.0. The first-order valence-corrected chi connectivity index (χ1v) is 13.0. The highest BCUT2D eigenvalue weighted by molar-refractivity contribution is 8.14. The van der Waals surface area contributed by atoms with E-state index in [4.69, 9.17) is 4.99 Å². The van der Waals surface area contributed by atoms with Crippen LogP contribution in [0.15, 0.2) is 70.6 Å². The maximum atomic E-state index is 13.3. The summed E-state index contributed by atoms with van der Waals surface area (Å²) in [6.45, 7) is 4.02. The van der Waals surface area contributed by atoms with Crippen molar-refractivity contribution in [2.24, 2.45) is 4.99 Å². The fraction of sp³-hybridized carbons (Fsp3) is 0.385. The van der Waals surface area contributed by atoms with Crippen molar-refractivity contribution in [2.45, 2.75) is 36.6 Å². The molecule has 0 bridgehead atoms. The molecule has 1 fully saturated rings. The van der Waals surface area contributed by atoms with Crippen molar-refractivity contribution in [1.29, 1.82) is 0 Å². The van der Waals surface area contributed by atoms with Gasteiger partial charge in [0, 0.05) is 37.1 Å². The number of H-pyrrole nitrogens is 1. The first-order chi connectivity index (χ1) is 17.1. The second kappa shape index (κ2) is 11.3. The van der Waals surface area contributed by atoms with Crippen molar-refractivity contribution in [1.82, 2.24) is 25.3 Å². The second-order valence-corrected chi connectivity index (χ2v) is 10.2. The van der Waals surface area contributed by atoms with E-state index in [2.05, 4.69) is 61.9 Å². The third-order valence-electron chi connectivity index (χ3n) is 6.42. The summed E-state index contributed by atoms with van der Waals surface area (Å²) in [5.74, 6) is 0.521. The van der Waals surface area contributed by atoms with Gasteiger partial charge in [-0.25, -0.2) is 9.38 Å². The van der Waals surface area contributed by atoms with Crippen LogP contribution in [0.1, 0.15) is 19.3 Å². The number of nitrogens with zero attached hydrogens (tertiary/aromatic N) is 4. The highest BCUT2D eigenvalue weighted by atomic mass is 32.2. The maximum absolute atomic E-state index is 13.3. The lowest BCUT2D eigenvalue weighted by molar-refractivity contribution is 0.0916. The zero-order valence-corrected chi connectivity index (χ0v) is 20.8. The fourth-order valence-electron chi connectivity index (χ4n) is 4.38. The van der Waals surface area contributed by atoms with Crippen LogP contribution in [0.4, 0.5) is 10.2 Å². The number of aromatic amines is 1. The van der Waals surface area contributed by atoms with E-state index in [0.717, 1.165) is 62.5 Å². The van der Waals surface area contributed by atoms with E-state index in [1.54, 1.807) is 23.9 Å². The molecule has 5 rings (SSSR count). The molecule has 2 atom stereocenters. The lowest BCUT2D eigenvalue weighted by Gasteiger charge is -2.39. The number of hydrogen-bond acceptors (Lipinski definition) is 7. The van der Waals surface area contributed by atoms with Crippen LogP contribution in [0, 0.1) is 5.82 Å². The Kier molecular flexibility index (Phi) is 7.78. The van der Waals surface area contributed by atoms with E-state index in [9.17, 15) is 4.39 Å². The van der Waals surface area contributed by atoms with Crippen LogP contribution in [-0.4, -0.2) is 70.7 Å². The van der Waals surface area contributed by atoms with Gasteiger partial charge >= 0.3 is 0 Å². The Balaban J connectivity index is 1.31. The number of aromatic nitrogens is 2. The summed E-state index contributed by atoms with van der Waals surface area (Å²) >= 11 is 1.77. The Morgan fingerprint density at radius 2 is 1.80 bits per heavy atom. The summed E-state index contributed by atoms with van der Waals surface area (Å²) in [5.41, 5.74) is 1.76. The van der Waals surface area contributed by atoms with Crippen molar-refractivity contribution in [3.05, 3.63) is 66.5 Å². The van der Waals surface area contributed by atoms with Crippen molar-refractivity contribution < 1.29 is 4.39 Å². The maximum Gasteiger partial charge on any atom is 0.158 e. The van der Waals surface area contributed by atoms with Gasteiger partial charge in [0.2, 0.25) is 0 Å². The summed E-state index contributed by atoms with van der Waals surface area (Å²) in [6.07, 6.45) is 2.87. The molecule has 35 heavy (non-hydrogen) atoms. The molecule has 9 heteroatoms. The molecule has 2 aliphatic rings. The van der Waals surface area contributed by atoms with E-state index < -0.39 is 0 Å². The number of halogens is 1. The third-order valence-corrected chi connectivity index (χ3v) is 7.47. The third kappa shape index (κ3) is 6.49. The van der Waals surface area contributed by atoms with Crippen LogP contribution in [-0.2, 0) is 0 Å². The predicted octanol–water partition coefficient (Wildman–Crippen LogP) is 4.45. The molecule has 0 amide bonds. The quantitative estimate of drug-likeness (QED) is 0.488. The van der Waals surface area contributed by atoms with E-state index in [-0.39, 0.29) is 18.3 Å². The predicted molar refractivity (Wildman–Crippen MR) is 141 cm³/mol. The van der Waals surface area contributed by atoms with Gasteiger partial charge in [0.25, 0.3) is 0 Å². The molecule has 3 heterocycles. The van der Waals surface area contributed by atoms with Crippen LogP contribution in [0.2, 0.25) is 0 Å². The average molecular weight is 494 g/mol. The molecule has 0 spiro atoms. The summed E-state index contributed by atoms with van der Waals surface area (Å²) < 4.78 is 13.3. The van der Waals surface area contributed by atoms with Crippen molar-refractivity contribution in [2.75, 3.05) is 38.5 Å². The van der Waals surface area contributed by atoms with Crippen LogP contribution < -0.4 is 10.6 Å². The van der Waals surface area contributed by atoms with Gasteiger partial charge in [-0.1, -0.05) is 30.0 Å². The molecule has 2 aliphatic heterocycles. The van der Waals surface area contributed by atoms with Gasteiger partial charge in [0.15, 0.2) is 6.29 Å². The Hall–Kier alpha value is -2.72. The molecule has 2 aromatic carbocycles. The minimum atomic E-state index is -0.245. The lowest BCUT2D eigenvalue weighted by Crippen LogP contribution is -2.57. The smallest absolute Gasteiger partial charge is 0.158 e. The minimum absolute atomic E-state index is 0.0380. The number of hydrogen-bond donors (Lipinski definition) is 3. The average Bonchev–Trinajstić information content (AvgIpc) is 3.32. The minimum Gasteiger partial charge on any atom is -0.353 e. The molecule has 1 aromatic heterocycles. The molecule has 3 aromatic rings. The summed E-state index contributed by atoms with van der Waals surface area (Å²) in [6, 6.07) is 18.9. The molecule has 3 N–H and O–H groups in total. The van der Waals surface area contributed by atoms with Crippen LogP contribution >= 0.6 is 11.8 Å². The fourth-order valence-corrected chi connectivity index (χ4v) is 5.34. The number of aliphatic imine (C=N–C) groups is 1. The van der Waals surface area contributed by atoms with Crippen molar-refractivity contribution >= 4 is 22.6 Å². The van der Waals surface area contributed by atoms with E-state index in [1.165, 1.54) is 22.1 Å². The first-order valence-electron chi connectivity index (χ1n) is 12.2. The van der Waals surface area contributed by atoms with Gasteiger partial charge in [-0.2, -0.15) is 5.10 Å². The Morgan fingerprint density at radius 1 is 1.03 bits per heavy atom. The molecular formula is C26H32FN7S. The SMILES string of the molecule is CN1CCN(C2N=C(Sc3ccccc3)CCCC(Nc3cc(-c4ccc(F)cc4)[nH]n3)N2)CC1. The van der Waals surface area contributed by atoms with E-state index in [0.29, 0.717) is 0 Å². The lowest BCUT2D eigenvalue weighted by atomic mass is 10.1. The molecule has 184 valence electrons. The van der Waals surface area contributed by atoms with Gasteiger partial charge in [-0.05, 0) is 68.3 Å². The molecular weight excluding hydrogens is 461 g/mol. The van der Waals surface area contributed by atoms with E-state index >= 15 is 0 Å². The Bertz CT molecular complexity index is 1110. The number of piperazine rings is 1. The summed E-state index contributed by atoms with van der Waals surface area (Å²) in [7, 11) is 2.17. The zero-order chi connectivity index (χ0) is 24.0. The largest absolute Gasteiger partial charge is 0.353 e. The molecule has 0 aliphatic carbocycles. The van der Waals surface area contributed by atoms with Crippen molar-refractivity contribution in [3.8, 4) is 11.3 Å². The van der Waals surface area contributed by atoms with Gasteiger partial charge < -0.3 is 10.2 Å². The van der Waals surface area contributed by atoms with Crippen LogP contribution in [0.25, 0.3) is 11.3 Å². The monoisotopic (exact) mass is 493 g/mol. The Morgan fingerprint density at radius 3 is 2.57 bits per heavy atom. The van der Waals surface area contributed by atoms with Gasteiger partial charge in [0.1, 0.15) is 11.6 Å². The van der Waals surface area contributed by atoms with Crippen LogP contribution in [0.3, 0.4) is 0 Å². The van der Waals surface area contributed by atoms with Gasteiger partial charge in [-0.3, -0.25) is 15.3 Å². The Labute approximate surface area is 210 Å². The van der Waals surface area contributed by atoms with Crippen molar-refractivity contribution in [3.63, 3.8) is 0 Å². The number of likely N-dealkylation sites (N-methyl/N-ethyl adjacent to an activating group) is 1. The normalized spacial score (nSPS) is 22.3.